The number of anilines is 3. The highest BCUT2D eigenvalue weighted by Gasteiger charge is 2.13. The van der Waals surface area contributed by atoms with E-state index in [2.05, 4.69) is 24.9 Å². The quantitative estimate of drug-likeness (QED) is 0.607. The van der Waals surface area contributed by atoms with Gasteiger partial charge in [0.25, 0.3) is 0 Å². The molecular formula is C18H16N8. The number of nitrogen functional groups attached to an aromatic ring is 1. The van der Waals surface area contributed by atoms with Crippen LogP contribution in [0.15, 0.2) is 67.3 Å². The molecule has 8 heteroatoms. The minimum atomic E-state index is 0.140. The van der Waals surface area contributed by atoms with Gasteiger partial charge >= 0.3 is 0 Å². The number of para-hydroxylation sites is 1. The second-order valence-electron chi connectivity index (χ2n) is 5.57. The lowest BCUT2D eigenvalue weighted by molar-refractivity contribution is 0.887. The molecule has 0 saturated carbocycles. The van der Waals surface area contributed by atoms with Crippen LogP contribution in [0.5, 0.6) is 0 Å². The average molecular weight is 344 g/mol. The first kappa shape index (κ1) is 15.7. The highest BCUT2D eigenvalue weighted by Crippen LogP contribution is 2.21. The summed E-state index contributed by atoms with van der Waals surface area (Å²) >= 11 is 0. The average Bonchev–Trinajstić information content (AvgIpc) is 3.19. The van der Waals surface area contributed by atoms with Gasteiger partial charge in [0.2, 0.25) is 17.8 Å². The largest absolute Gasteiger partial charge is 0.368 e. The molecule has 0 bridgehead atoms. The Bertz CT molecular complexity index is 1010. The Labute approximate surface area is 150 Å². The number of nitrogens with zero attached hydrogens (tertiary/aromatic N) is 7. The van der Waals surface area contributed by atoms with Crippen LogP contribution in [0.25, 0.3) is 17.3 Å². The third kappa shape index (κ3) is 3.07. The zero-order valence-corrected chi connectivity index (χ0v) is 14.1. The number of aromatic nitrogens is 6. The third-order valence-corrected chi connectivity index (χ3v) is 3.81. The van der Waals surface area contributed by atoms with Gasteiger partial charge in [-0.05, 0) is 24.3 Å². The molecule has 1 aromatic carbocycles. The van der Waals surface area contributed by atoms with Crippen molar-refractivity contribution in [3.05, 3.63) is 67.3 Å². The van der Waals surface area contributed by atoms with Crippen LogP contribution in [0.3, 0.4) is 0 Å². The summed E-state index contributed by atoms with van der Waals surface area (Å²) in [6.45, 7) is 0. The van der Waals surface area contributed by atoms with Crippen molar-refractivity contribution in [2.75, 3.05) is 17.7 Å². The van der Waals surface area contributed by atoms with Crippen molar-refractivity contribution in [2.45, 2.75) is 0 Å². The molecule has 0 aliphatic rings. The zero-order chi connectivity index (χ0) is 17.9. The van der Waals surface area contributed by atoms with Crippen molar-refractivity contribution < 1.29 is 0 Å². The number of benzene rings is 1. The maximum Gasteiger partial charge on any atom is 0.241 e. The van der Waals surface area contributed by atoms with E-state index >= 15 is 0 Å². The van der Waals surface area contributed by atoms with Gasteiger partial charge in [-0.1, -0.05) is 24.3 Å². The summed E-state index contributed by atoms with van der Waals surface area (Å²) < 4.78 is 1.70. The molecule has 3 aromatic heterocycles. The molecule has 2 N–H and O–H groups in total. The van der Waals surface area contributed by atoms with E-state index in [1.54, 1.807) is 17.1 Å². The molecule has 4 aromatic rings. The maximum absolute atomic E-state index is 5.90. The van der Waals surface area contributed by atoms with Crippen LogP contribution in [0.4, 0.5) is 17.6 Å². The van der Waals surface area contributed by atoms with E-state index in [0.29, 0.717) is 11.9 Å². The molecule has 4 rings (SSSR count). The fourth-order valence-electron chi connectivity index (χ4n) is 2.48. The molecule has 0 radical (unpaired) electrons. The van der Waals surface area contributed by atoms with E-state index in [1.165, 1.54) is 0 Å². The minimum absolute atomic E-state index is 0.140. The number of imidazole rings is 1. The first-order chi connectivity index (χ1) is 12.7. The van der Waals surface area contributed by atoms with Crippen molar-refractivity contribution in [3.63, 3.8) is 0 Å². The monoisotopic (exact) mass is 344 g/mol. The summed E-state index contributed by atoms with van der Waals surface area (Å²) in [7, 11) is 1.88. The second kappa shape index (κ2) is 6.60. The van der Waals surface area contributed by atoms with Crippen LogP contribution in [0.1, 0.15) is 0 Å². The van der Waals surface area contributed by atoms with Crippen molar-refractivity contribution in [3.8, 4) is 17.3 Å². The smallest absolute Gasteiger partial charge is 0.241 e. The molecule has 3 heterocycles. The Kier molecular flexibility index (Phi) is 3.98. The number of nitrogens with two attached hydrogens (primary N) is 1. The van der Waals surface area contributed by atoms with Crippen molar-refractivity contribution in [1.29, 1.82) is 0 Å². The summed E-state index contributed by atoms with van der Waals surface area (Å²) in [5.74, 6) is 0.984. The van der Waals surface area contributed by atoms with Gasteiger partial charge in [0, 0.05) is 25.1 Å². The number of hydrogen-bond acceptors (Lipinski definition) is 7. The van der Waals surface area contributed by atoms with Gasteiger partial charge < -0.3 is 10.6 Å². The molecule has 26 heavy (non-hydrogen) atoms. The van der Waals surface area contributed by atoms with E-state index < -0.39 is 0 Å². The lowest BCUT2D eigenvalue weighted by atomic mass is 10.3. The van der Waals surface area contributed by atoms with E-state index in [9.17, 15) is 0 Å². The lowest BCUT2D eigenvalue weighted by Crippen LogP contribution is -2.16. The molecule has 0 atom stereocenters. The van der Waals surface area contributed by atoms with Crippen LogP contribution in [0, 0.1) is 0 Å². The fraction of sp³-hybridized carbons (Fsp3) is 0.0556. The van der Waals surface area contributed by atoms with Gasteiger partial charge in [-0.3, -0.25) is 9.55 Å². The van der Waals surface area contributed by atoms with Crippen molar-refractivity contribution in [2.24, 2.45) is 0 Å². The highest BCUT2D eigenvalue weighted by molar-refractivity contribution is 5.57. The molecule has 0 amide bonds. The van der Waals surface area contributed by atoms with Crippen LogP contribution in [0.2, 0.25) is 0 Å². The van der Waals surface area contributed by atoms with Gasteiger partial charge in [-0.15, -0.1) is 0 Å². The van der Waals surface area contributed by atoms with Crippen LogP contribution in [-0.4, -0.2) is 36.5 Å². The molecule has 0 aliphatic heterocycles. The van der Waals surface area contributed by atoms with Gasteiger partial charge in [0.1, 0.15) is 12.0 Å². The van der Waals surface area contributed by atoms with E-state index in [4.69, 9.17) is 5.73 Å². The summed E-state index contributed by atoms with van der Waals surface area (Å²) in [5, 5.41) is 0. The zero-order valence-electron chi connectivity index (χ0n) is 14.1. The molecular weight excluding hydrogens is 328 g/mol. The van der Waals surface area contributed by atoms with E-state index in [1.807, 2.05) is 66.7 Å². The molecule has 0 saturated heterocycles. The Morgan fingerprint density at radius 2 is 1.69 bits per heavy atom. The summed E-state index contributed by atoms with van der Waals surface area (Å²) in [4.78, 5) is 23.5. The second-order valence-corrected chi connectivity index (χ2v) is 5.57. The van der Waals surface area contributed by atoms with Gasteiger partial charge in [-0.2, -0.15) is 15.0 Å². The molecule has 0 aliphatic carbocycles. The van der Waals surface area contributed by atoms with E-state index in [0.717, 1.165) is 17.1 Å². The fourth-order valence-corrected chi connectivity index (χ4v) is 2.48. The normalized spacial score (nSPS) is 10.7. The summed E-state index contributed by atoms with van der Waals surface area (Å²) in [6, 6.07) is 15.5. The predicted molar refractivity (Wildman–Crippen MR) is 99.1 cm³/mol. The first-order valence-electron chi connectivity index (χ1n) is 7.97. The number of pyridine rings is 1. The SMILES string of the molecule is CN(c1ccccc1)c1nc(N)nc(-n2cnc(-c3ccccn3)c2)n1. The number of hydrogen-bond donors (Lipinski definition) is 1. The van der Waals surface area contributed by atoms with E-state index in [-0.39, 0.29) is 5.95 Å². The highest BCUT2D eigenvalue weighted by atomic mass is 15.3. The Morgan fingerprint density at radius 3 is 2.46 bits per heavy atom. The minimum Gasteiger partial charge on any atom is -0.368 e. The topological polar surface area (TPSA) is 98.6 Å². The first-order valence-corrected chi connectivity index (χ1v) is 7.97. The molecule has 8 nitrogen and oxygen atoms in total. The van der Waals surface area contributed by atoms with Gasteiger partial charge in [0.05, 0.1) is 5.69 Å². The lowest BCUT2D eigenvalue weighted by Gasteiger charge is -2.17. The molecule has 0 spiro atoms. The van der Waals surface area contributed by atoms with Crippen LogP contribution < -0.4 is 10.6 Å². The summed E-state index contributed by atoms with van der Waals surface area (Å²) in [5.41, 5.74) is 8.34. The standard InChI is InChI=1S/C18H16N8/c1-25(13-7-3-2-4-8-13)17-22-16(19)23-18(24-17)26-11-15(21-12-26)14-9-5-6-10-20-14/h2-12H,1H3,(H2,19,22,23,24). The maximum atomic E-state index is 5.90. The van der Waals surface area contributed by atoms with Crippen LogP contribution in [-0.2, 0) is 0 Å². The van der Waals surface area contributed by atoms with Gasteiger partial charge in [-0.25, -0.2) is 4.98 Å². The molecule has 0 fully saturated rings. The van der Waals surface area contributed by atoms with Crippen molar-refractivity contribution >= 4 is 17.6 Å². The number of rotatable bonds is 4. The molecule has 0 unspecified atom stereocenters. The third-order valence-electron chi connectivity index (χ3n) is 3.81. The Hall–Kier alpha value is -3.81. The Morgan fingerprint density at radius 1 is 0.885 bits per heavy atom. The molecule has 128 valence electrons. The summed E-state index contributed by atoms with van der Waals surface area (Å²) in [6.07, 6.45) is 5.16. The predicted octanol–water partition coefficient (Wildman–Crippen LogP) is 2.47. The van der Waals surface area contributed by atoms with Gasteiger partial charge in [0.15, 0.2) is 0 Å². The van der Waals surface area contributed by atoms with Crippen molar-refractivity contribution in [1.82, 2.24) is 29.5 Å². The Balaban J connectivity index is 1.70. The van der Waals surface area contributed by atoms with Crippen LogP contribution >= 0.6 is 0 Å².